The molecular weight excluding hydrogens is 346 g/mol. The smallest absolute Gasteiger partial charge is 0.261 e. The minimum atomic E-state index is -0.240. The van der Waals surface area contributed by atoms with E-state index in [-0.39, 0.29) is 11.8 Å². The zero-order valence-corrected chi connectivity index (χ0v) is 16.5. The van der Waals surface area contributed by atoms with Crippen molar-refractivity contribution in [2.45, 2.75) is 6.42 Å². The van der Waals surface area contributed by atoms with Gasteiger partial charge in [0.1, 0.15) is 0 Å². The Balaban J connectivity index is 1.82. The standard InChI is InChI=1S/C20H25N3O2S/c1-22-19(24)15-7-4-6-14-17(9-8-16(18(14)15)20(22)25)21-10-5-11-23(2,3)12-13-26/h4,6-9,21H,5,10-13H2,1-3H3/p+1. The van der Waals surface area contributed by atoms with E-state index in [2.05, 4.69) is 32.0 Å². The molecule has 1 N–H and O–H groups in total. The summed E-state index contributed by atoms with van der Waals surface area (Å²) >= 11 is 4.32. The fraction of sp³-hybridized carbons (Fsp3) is 0.400. The van der Waals surface area contributed by atoms with E-state index in [1.165, 1.54) is 11.9 Å². The first-order valence-corrected chi connectivity index (χ1v) is 9.54. The van der Waals surface area contributed by atoms with Gasteiger partial charge in [0.2, 0.25) is 0 Å². The lowest BCUT2D eigenvalue weighted by atomic mass is 9.93. The Bertz CT molecular complexity index is 841. The van der Waals surface area contributed by atoms with E-state index in [4.69, 9.17) is 0 Å². The summed E-state index contributed by atoms with van der Waals surface area (Å²) in [7, 11) is 5.96. The van der Waals surface area contributed by atoms with Crippen LogP contribution in [-0.2, 0) is 0 Å². The minimum absolute atomic E-state index is 0.240. The summed E-state index contributed by atoms with van der Waals surface area (Å²) < 4.78 is 0.949. The van der Waals surface area contributed by atoms with Gasteiger partial charge >= 0.3 is 0 Å². The molecule has 0 atom stereocenters. The van der Waals surface area contributed by atoms with Crippen molar-refractivity contribution >= 4 is 40.9 Å². The maximum atomic E-state index is 12.4. The summed E-state index contributed by atoms with van der Waals surface area (Å²) in [4.78, 5) is 26.1. The monoisotopic (exact) mass is 372 g/mol. The van der Waals surface area contributed by atoms with Crippen LogP contribution in [0.2, 0.25) is 0 Å². The fourth-order valence-electron chi connectivity index (χ4n) is 3.48. The van der Waals surface area contributed by atoms with Gasteiger partial charge in [-0.3, -0.25) is 14.5 Å². The van der Waals surface area contributed by atoms with E-state index in [1.807, 2.05) is 24.3 Å². The molecule has 0 spiro atoms. The summed E-state index contributed by atoms with van der Waals surface area (Å²) in [5.41, 5.74) is 2.15. The van der Waals surface area contributed by atoms with Crippen LogP contribution in [-0.4, -0.2) is 67.7 Å². The van der Waals surface area contributed by atoms with Crippen molar-refractivity contribution in [3.63, 3.8) is 0 Å². The van der Waals surface area contributed by atoms with E-state index in [1.54, 1.807) is 6.07 Å². The molecule has 0 unspecified atom stereocenters. The molecule has 1 heterocycles. The first kappa shape index (κ1) is 18.7. The van der Waals surface area contributed by atoms with Gasteiger partial charge in [-0.05, 0) is 18.2 Å². The van der Waals surface area contributed by atoms with Gasteiger partial charge in [-0.15, -0.1) is 0 Å². The molecule has 0 aromatic heterocycles. The van der Waals surface area contributed by atoms with Crippen molar-refractivity contribution in [3.05, 3.63) is 41.5 Å². The second kappa shape index (κ2) is 7.29. The van der Waals surface area contributed by atoms with Gasteiger partial charge in [-0.2, -0.15) is 12.6 Å². The third-order valence-corrected chi connectivity index (χ3v) is 5.27. The van der Waals surface area contributed by atoms with Crippen molar-refractivity contribution in [1.29, 1.82) is 0 Å². The molecule has 1 aliphatic rings. The SMILES string of the molecule is CN1C(=O)c2cccc3c(NCCC[N+](C)(C)CCS)ccc(c23)C1=O. The number of carbonyl (C=O) groups is 2. The van der Waals surface area contributed by atoms with Crippen LogP contribution in [0.15, 0.2) is 30.3 Å². The van der Waals surface area contributed by atoms with Gasteiger partial charge < -0.3 is 9.80 Å². The third kappa shape index (κ3) is 3.44. The van der Waals surface area contributed by atoms with E-state index in [9.17, 15) is 9.59 Å². The molecule has 5 nitrogen and oxygen atoms in total. The number of nitrogens with one attached hydrogen (secondary N) is 1. The number of imide groups is 1. The van der Waals surface area contributed by atoms with E-state index in [0.717, 1.165) is 52.8 Å². The van der Waals surface area contributed by atoms with Crippen LogP contribution in [0.3, 0.4) is 0 Å². The summed E-state index contributed by atoms with van der Waals surface area (Å²) in [6.45, 7) is 2.95. The Morgan fingerprint density at radius 1 is 1.04 bits per heavy atom. The predicted octanol–water partition coefficient (Wildman–Crippen LogP) is 2.87. The highest BCUT2D eigenvalue weighted by atomic mass is 32.1. The molecule has 2 aromatic rings. The molecular formula is C20H26N3O2S+. The minimum Gasteiger partial charge on any atom is -0.384 e. The molecule has 2 amide bonds. The number of anilines is 1. The van der Waals surface area contributed by atoms with Gasteiger partial charge in [0.25, 0.3) is 11.8 Å². The zero-order chi connectivity index (χ0) is 18.9. The lowest BCUT2D eigenvalue weighted by molar-refractivity contribution is -0.887. The van der Waals surface area contributed by atoms with E-state index in [0.29, 0.717) is 11.1 Å². The average molecular weight is 373 g/mol. The van der Waals surface area contributed by atoms with Crippen molar-refractivity contribution < 1.29 is 14.1 Å². The molecule has 138 valence electrons. The largest absolute Gasteiger partial charge is 0.384 e. The number of hydrogen-bond donors (Lipinski definition) is 2. The average Bonchev–Trinajstić information content (AvgIpc) is 2.61. The molecule has 0 bridgehead atoms. The van der Waals surface area contributed by atoms with Gasteiger partial charge in [0, 0.05) is 53.4 Å². The predicted molar refractivity (Wildman–Crippen MR) is 109 cm³/mol. The Hall–Kier alpha value is -2.05. The quantitative estimate of drug-likeness (QED) is 0.340. The molecule has 3 rings (SSSR count). The first-order chi connectivity index (χ1) is 12.4. The van der Waals surface area contributed by atoms with Gasteiger partial charge in [-0.25, -0.2) is 0 Å². The maximum absolute atomic E-state index is 12.4. The molecule has 2 aromatic carbocycles. The number of nitrogens with zero attached hydrogens (tertiary/aromatic N) is 2. The second-order valence-electron chi connectivity index (χ2n) is 7.45. The van der Waals surface area contributed by atoms with Crippen LogP contribution in [0.5, 0.6) is 0 Å². The molecule has 1 aliphatic heterocycles. The lowest BCUT2D eigenvalue weighted by Crippen LogP contribution is -2.42. The van der Waals surface area contributed by atoms with Crippen LogP contribution in [0.1, 0.15) is 27.1 Å². The van der Waals surface area contributed by atoms with Crippen molar-refractivity contribution in [1.82, 2.24) is 4.90 Å². The van der Waals surface area contributed by atoms with Crippen molar-refractivity contribution in [3.8, 4) is 0 Å². The highest BCUT2D eigenvalue weighted by Gasteiger charge is 2.30. The number of benzene rings is 2. The molecule has 26 heavy (non-hydrogen) atoms. The van der Waals surface area contributed by atoms with E-state index >= 15 is 0 Å². The van der Waals surface area contributed by atoms with Gasteiger partial charge in [0.15, 0.2) is 0 Å². The first-order valence-electron chi connectivity index (χ1n) is 8.90. The molecule has 0 aliphatic carbocycles. The Labute approximate surface area is 160 Å². The van der Waals surface area contributed by atoms with Crippen LogP contribution >= 0.6 is 12.6 Å². The highest BCUT2D eigenvalue weighted by molar-refractivity contribution is 7.80. The maximum Gasteiger partial charge on any atom is 0.261 e. The normalized spacial score (nSPS) is 14.2. The Morgan fingerprint density at radius 2 is 1.73 bits per heavy atom. The second-order valence-corrected chi connectivity index (χ2v) is 7.89. The Morgan fingerprint density at radius 3 is 2.42 bits per heavy atom. The van der Waals surface area contributed by atoms with Crippen molar-refractivity contribution in [2.24, 2.45) is 0 Å². The number of rotatable bonds is 7. The summed E-state index contributed by atoms with van der Waals surface area (Å²) in [5, 5.41) is 5.17. The number of carbonyl (C=O) groups excluding carboxylic acids is 2. The number of amides is 2. The van der Waals surface area contributed by atoms with E-state index < -0.39 is 0 Å². The van der Waals surface area contributed by atoms with Crippen LogP contribution < -0.4 is 5.32 Å². The lowest BCUT2D eigenvalue weighted by Gasteiger charge is -2.29. The van der Waals surface area contributed by atoms with Gasteiger partial charge in [-0.1, -0.05) is 12.1 Å². The molecule has 6 heteroatoms. The molecule has 0 saturated heterocycles. The summed E-state index contributed by atoms with van der Waals surface area (Å²) in [6.07, 6.45) is 1.03. The van der Waals surface area contributed by atoms with Crippen molar-refractivity contribution in [2.75, 3.05) is 51.8 Å². The Kier molecular flexibility index (Phi) is 5.25. The third-order valence-electron chi connectivity index (χ3n) is 5.07. The molecule has 0 radical (unpaired) electrons. The summed E-state index contributed by atoms with van der Waals surface area (Å²) in [6, 6.07) is 9.40. The van der Waals surface area contributed by atoms with Gasteiger partial charge in [0.05, 0.1) is 27.2 Å². The molecule has 0 fully saturated rings. The highest BCUT2D eigenvalue weighted by Crippen LogP contribution is 2.33. The zero-order valence-electron chi connectivity index (χ0n) is 15.6. The number of thiol groups is 1. The van der Waals surface area contributed by atoms with Crippen LogP contribution in [0.25, 0.3) is 10.8 Å². The van der Waals surface area contributed by atoms with Crippen LogP contribution in [0.4, 0.5) is 5.69 Å². The van der Waals surface area contributed by atoms with Crippen LogP contribution in [0, 0.1) is 0 Å². The molecule has 0 saturated carbocycles. The number of quaternary nitrogens is 1. The summed E-state index contributed by atoms with van der Waals surface area (Å²) in [5.74, 6) is 0.401. The fourth-order valence-corrected chi connectivity index (χ4v) is 4.02. The topological polar surface area (TPSA) is 49.4 Å². The number of hydrogen-bond acceptors (Lipinski definition) is 4.